The van der Waals surface area contributed by atoms with Crippen molar-refractivity contribution in [3.63, 3.8) is 0 Å². The van der Waals surface area contributed by atoms with Gasteiger partial charge < -0.3 is 20.1 Å². The van der Waals surface area contributed by atoms with Crippen LogP contribution in [0.5, 0.6) is 5.88 Å². The fraction of sp³-hybridized carbons (Fsp3) is 0.368. The first-order valence-corrected chi connectivity index (χ1v) is 8.55. The molecule has 0 unspecified atom stereocenters. The Labute approximate surface area is 147 Å². The summed E-state index contributed by atoms with van der Waals surface area (Å²) in [5.41, 5.74) is 1.85. The lowest BCUT2D eigenvalue weighted by Crippen LogP contribution is -2.40. The number of hydrogen-bond acceptors (Lipinski definition) is 5. The molecule has 132 valence electrons. The molecular weight excluding hydrogens is 318 g/mol. The smallest absolute Gasteiger partial charge is 0.410 e. The van der Waals surface area contributed by atoms with E-state index in [1.54, 1.807) is 17.2 Å². The molecule has 25 heavy (non-hydrogen) atoms. The van der Waals surface area contributed by atoms with Gasteiger partial charge in [-0.05, 0) is 30.4 Å². The largest absolute Gasteiger partial charge is 0.493 e. The number of ether oxygens (including phenoxy) is 1. The highest BCUT2D eigenvalue weighted by Crippen LogP contribution is 2.20. The van der Waals surface area contributed by atoms with Crippen molar-refractivity contribution in [1.82, 2.24) is 9.88 Å². The van der Waals surface area contributed by atoms with Gasteiger partial charge in [-0.2, -0.15) is 0 Å². The lowest BCUT2D eigenvalue weighted by Gasteiger charge is -2.31. The van der Waals surface area contributed by atoms with E-state index in [1.807, 2.05) is 36.4 Å². The Morgan fingerprint density at radius 2 is 2.00 bits per heavy atom. The van der Waals surface area contributed by atoms with E-state index in [4.69, 9.17) is 4.74 Å². The number of anilines is 1. The summed E-state index contributed by atoms with van der Waals surface area (Å²) in [5, 5.41) is 12.7. The van der Waals surface area contributed by atoms with Crippen molar-refractivity contribution in [2.45, 2.75) is 19.4 Å². The van der Waals surface area contributed by atoms with E-state index >= 15 is 0 Å². The normalized spacial score (nSPS) is 15.0. The Kier molecular flexibility index (Phi) is 5.72. The number of benzene rings is 1. The van der Waals surface area contributed by atoms with Crippen molar-refractivity contribution >= 4 is 11.8 Å². The van der Waals surface area contributed by atoms with Crippen molar-refractivity contribution in [1.29, 1.82) is 0 Å². The maximum Gasteiger partial charge on any atom is 0.410 e. The number of aromatic nitrogens is 1. The monoisotopic (exact) mass is 341 g/mol. The van der Waals surface area contributed by atoms with Crippen molar-refractivity contribution in [2.24, 2.45) is 5.92 Å². The van der Waals surface area contributed by atoms with Crippen molar-refractivity contribution in [3.8, 4) is 5.88 Å². The van der Waals surface area contributed by atoms with E-state index in [1.165, 1.54) is 0 Å². The molecule has 1 amide bonds. The molecule has 0 radical (unpaired) electrons. The molecule has 0 aliphatic carbocycles. The third kappa shape index (κ3) is 5.11. The van der Waals surface area contributed by atoms with Crippen LogP contribution in [0.2, 0.25) is 0 Å². The first-order chi connectivity index (χ1) is 12.2. The van der Waals surface area contributed by atoms with E-state index in [0.717, 1.165) is 30.6 Å². The minimum absolute atomic E-state index is 0.0148. The Morgan fingerprint density at radius 1 is 1.24 bits per heavy atom. The Hall–Kier alpha value is -2.76. The summed E-state index contributed by atoms with van der Waals surface area (Å²) in [6.07, 6.45) is 3.20. The van der Waals surface area contributed by atoms with Crippen LogP contribution in [-0.4, -0.2) is 40.7 Å². The van der Waals surface area contributed by atoms with Gasteiger partial charge in [0.25, 0.3) is 0 Å². The lowest BCUT2D eigenvalue weighted by atomic mass is 9.97. The molecule has 1 aromatic heterocycles. The number of nitrogens with one attached hydrogen (secondary N) is 1. The number of aromatic hydroxyl groups is 1. The van der Waals surface area contributed by atoms with Gasteiger partial charge in [-0.3, -0.25) is 0 Å². The predicted octanol–water partition coefficient (Wildman–Crippen LogP) is 3.25. The minimum atomic E-state index is -0.241. The molecule has 0 spiro atoms. The molecule has 1 aromatic carbocycles. The zero-order valence-electron chi connectivity index (χ0n) is 14.1. The summed E-state index contributed by atoms with van der Waals surface area (Å²) in [7, 11) is 0. The molecule has 6 heteroatoms. The van der Waals surface area contributed by atoms with Gasteiger partial charge in [-0.25, -0.2) is 9.78 Å². The SMILES string of the molecule is O=C(OCc1ccccc1)N1CCC(CNc2ccnc(O)c2)CC1. The summed E-state index contributed by atoms with van der Waals surface area (Å²) in [6.45, 7) is 2.55. The van der Waals surface area contributed by atoms with Gasteiger partial charge in [0.05, 0.1) is 0 Å². The fourth-order valence-corrected chi connectivity index (χ4v) is 2.92. The maximum absolute atomic E-state index is 12.1. The quantitative estimate of drug-likeness (QED) is 0.873. The summed E-state index contributed by atoms with van der Waals surface area (Å²) in [5.74, 6) is 0.509. The molecule has 3 rings (SSSR count). The molecule has 1 saturated heterocycles. The third-order valence-corrected chi connectivity index (χ3v) is 4.42. The maximum atomic E-state index is 12.1. The van der Waals surface area contributed by atoms with E-state index in [-0.39, 0.29) is 12.0 Å². The van der Waals surface area contributed by atoms with E-state index in [0.29, 0.717) is 25.6 Å². The van der Waals surface area contributed by atoms with Gasteiger partial charge in [0.15, 0.2) is 0 Å². The highest BCUT2D eigenvalue weighted by atomic mass is 16.6. The summed E-state index contributed by atoms with van der Waals surface area (Å²) in [6, 6.07) is 13.1. The highest BCUT2D eigenvalue weighted by molar-refractivity contribution is 5.67. The topological polar surface area (TPSA) is 74.7 Å². The fourth-order valence-electron chi connectivity index (χ4n) is 2.92. The third-order valence-electron chi connectivity index (χ3n) is 4.42. The highest BCUT2D eigenvalue weighted by Gasteiger charge is 2.23. The average Bonchev–Trinajstić information content (AvgIpc) is 2.66. The molecule has 1 aliphatic rings. The average molecular weight is 341 g/mol. The van der Waals surface area contributed by atoms with Crippen LogP contribution in [0, 0.1) is 5.92 Å². The molecule has 0 bridgehead atoms. The molecule has 2 heterocycles. The number of rotatable bonds is 5. The van der Waals surface area contributed by atoms with Crippen LogP contribution in [0.4, 0.5) is 10.5 Å². The molecule has 6 nitrogen and oxygen atoms in total. The van der Waals surface area contributed by atoms with Crippen LogP contribution in [0.15, 0.2) is 48.7 Å². The number of nitrogens with zero attached hydrogens (tertiary/aromatic N) is 2. The van der Waals surface area contributed by atoms with E-state index in [2.05, 4.69) is 10.3 Å². The lowest BCUT2D eigenvalue weighted by molar-refractivity contribution is 0.0832. The molecule has 0 saturated carbocycles. The second-order valence-electron chi connectivity index (χ2n) is 6.25. The van der Waals surface area contributed by atoms with E-state index in [9.17, 15) is 9.90 Å². The molecule has 1 fully saturated rings. The summed E-state index contributed by atoms with van der Waals surface area (Å²) >= 11 is 0. The molecule has 2 N–H and O–H groups in total. The van der Waals surface area contributed by atoms with Crippen LogP contribution in [0.1, 0.15) is 18.4 Å². The molecular formula is C19H23N3O3. The number of carbonyl (C=O) groups excluding carboxylic acids is 1. The van der Waals surface area contributed by atoms with Crippen LogP contribution < -0.4 is 5.32 Å². The predicted molar refractivity (Wildman–Crippen MR) is 95.3 cm³/mol. The standard InChI is InChI=1S/C19H23N3O3/c23-18-12-17(6-9-20-18)21-13-15-7-10-22(11-8-15)19(24)25-14-16-4-2-1-3-5-16/h1-6,9,12,15H,7-8,10-11,13-14H2,(H2,20,21,23). The number of carbonyl (C=O) groups is 1. The minimum Gasteiger partial charge on any atom is -0.493 e. The zero-order valence-corrected chi connectivity index (χ0v) is 14.1. The van der Waals surface area contributed by atoms with Crippen LogP contribution >= 0.6 is 0 Å². The number of piperidine rings is 1. The van der Waals surface area contributed by atoms with Gasteiger partial charge >= 0.3 is 6.09 Å². The van der Waals surface area contributed by atoms with Gasteiger partial charge in [0, 0.05) is 37.6 Å². The summed E-state index contributed by atoms with van der Waals surface area (Å²) in [4.78, 5) is 17.7. The van der Waals surface area contributed by atoms with Gasteiger partial charge in [-0.15, -0.1) is 0 Å². The Balaban J connectivity index is 1.38. The molecule has 2 aromatic rings. The first-order valence-electron chi connectivity index (χ1n) is 8.55. The van der Waals surface area contributed by atoms with Crippen molar-refractivity contribution in [2.75, 3.05) is 25.0 Å². The van der Waals surface area contributed by atoms with Gasteiger partial charge in [0.1, 0.15) is 6.61 Å². The van der Waals surface area contributed by atoms with Gasteiger partial charge in [-0.1, -0.05) is 30.3 Å². The Morgan fingerprint density at radius 3 is 2.72 bits per heavy atom. The van der Waals surface area contributed by atoms with E-state index < -0.39 is 0 Å². The Bertz CT molecular complexity index is 685. The van der Waals surface area contributed by atoms with Gasteiger partial charge in [0.2, 0.25) is 5.88 Å². The number of likely N-dealkylation sites (tertiary alicyclic amines) is 1. The van der Waals surface area contributed by atoms with Crippen molar-refractivity contribution < 1.29 is 14.6 Å². The number of pyridine rings is 1. The molecule has 0 atom stereocenters. The number of hydrogen-bond donors (Lipinski definition) is 2. The summed E-state index contributed by atoms with van der Waals surface area (Å²) < 4.78 is 5.38. The second kappa shape index (κ2) is 8.37. The number of amides is 1. The first kappa shape index (κ1) is 17.1. The van der Waals surface area contributed by atoms with Crippen LogP contribution in [0.3, 0.4) is 0 Å². The molecule has 1 aliphatic heterocycles. The van der Waals surface area contributed by atoms with Crippen LogP contribution in [-0.2, 0) is 11.3 Å². The van der Waals surface area contributed by atoms with Crippen molar-refractivity contribution in [3.05, 3.63) is 54.2 Å². The van der Waals surface area contributed by atoms with Crippen LogP contribution in [0.25, 0.3) is 0 Å². The second-order valence-corrected chi connectivity index (χ2v) is 6.25. The zero-order chi connectivity index (χ0) is 17.5.